The number of pyridine rings is 1. The second-order valence-corrected chi connectivity index (χ2v) is 7.06. The molecule has 0 saturated heterocycles. The van der Waals surface area contributed by atoms with Crippen LogP contribution in [0.4, 0.5) is 5.69 Å². The van der Waals surface area contributed by atoms with Crippen molar-refractivity contribution >= 4 is 11.6 Å². The van der Waals surface area contributed by atoms with E-state index >= 15 is 0 Å². The summed E-state index contributed by atoms with van der Waals surface area (Å²) in [6, 6.07) is 17.7. The predicted octanol–water partition coefficient (Wildman–Crippen LogP) is 4.47. The number of aromatic nitrogens is 1. The smallest absolute Gasteiger partial charge is 0.258 e. The van der Waals surface area contributed by atoms with Crippen molar-refractivity contribution in [2.24, 2.45) is 0 Å². The van der Waals surface area contributed by atoms with Gasteiger partial charge in [-0.3, -0.25) is 9.78 Å². The summed E-state index contributed by atoms with van der Waals surface area (Å²) in [5.41, 5.74) is 5.86. The van der Waals surface area contributed by atoms with E-state index in [1.54, 1.807) is 19.4 Å². The molecule has 0 aliphatic carbocycles. The molecule has 1 unspecified atom stereocenters. The Hall–Kier alpha value is -3.34. The average Bonchev–Trinajstić information content (AvgIpc) is 2.97. The number of fused-ring (bicyclic) bond motifs is 1. The zero-order valence-corrected chi connectivity index (χ0v) is 16.3. The molecule has 0 radical (unpaired) electrons. The number of carbonyl (C=O) groups excluding carboxylic acids is 1. The summed E-state index contributed by atoms with van der Waals surface area (Å²) in [6.45, 7) is 4.66. The van der Waals surface area contributed by atoms with Crippen LogP contribution < -0.4 is 10.1 Å². The summed E-state index contributed by atoms with van der Waals surface area (Å²) < 4.78 is 5.23. The number of nitrogens with one attached hydrogen (secondary N) is 1. The molecule has 4 rings (SSSR count). The molecule has 142 valence electrons. The summed E-state index contributed by atoms with van der Waals surface area (Å²) in [4.78, 5) is 19.4. The second-order valence-electron chi connectivity index (χ2n) is 7.06. The minimum Gasteiger partial charge on any atom is -0.497 e. The zero-order valence-electron chi connectivity index (χ0n) is 16.3. The Kier molecular flexibility index (Phi) is 4.74. The van der Waals surface area contributed by atoms with Gasteiger partial charge in [0, 0.05) is 18.4 Å². The van der Waals surface area contributed by atoms with Gasteiger partial charge in [-0.25, -0.2) is 0 Å². The summed E-state index contributed by atoms with van der Waals surface area (Å²) in [7, 11) is 1.64. The van der Waals surface area contributed by atoms with Crippen molar-refractivity contribution in [3.63, 3.8) is 0 Å². The summed E-state index contributed by atoms with van der Waals surface area (Å²) >= 11 is 0. The highest BCUT2D eigenvalue weighted by Gasteiger charge is 2.37. The quantitative estimate of drug-likeness (QED) is 0.717. The number of ether oxygens (including phenoxy) is 1. The Labute approximate surface area is 165 Å². The van der Waals surface area contributed by atoms with E-state index in [1.807, 2.05) is 41.3 Å². The Morgan fingerprint density at radius 3 is 2.57 bits per heavy atom. The average molecular weight is 373 g/mol. The van der Waals surface area contributed by atoms with E-state index in [4.69, 9.17) is 4.74 Å². The molecule has 2 heterocycles. The molecule has 0 saturated carbocycles. The van der Waals surface area contributed by atoms with Gasteiger partial charge in [-0.1, -0.05) is 18.2 Å². The Balaban J connectivity index is 1.66. The van der Waals surface area contributed by atoms with Crippen LogP contribution >= 0.6 is 0 Å². The van der Waals surface area contributed by atoms with Crippen LogP contribution in [0.5, 0.6) is 5.75 Å². The van der Waals surface area contributed by atoms with Crippen LogP contribution in [0, 0.1) is 13.8 Å². The van der Waals surface area contributed by atoms with Gasteiger partial charge in [-0.15, -0.1) is 0 Å². The number of rotatable bonds is 5. The summed E-state index contributed by atoms with van der Waals surface area (Å²) in [5, 5.41) is 3.51. The molecule has 1 aromatic heterocycles. The summed E-state index contributed by atoms with van der Waals surface area (Å²) in [5.74, 6) is 0.784. The highest BCUT2D eigenvalue weighted by Crippen LogP contribution is 2.34. The molecule has 1 N–H and O–H groups in total. The van der Waals surface area contributed by atoms with E-state index in [0.717, 1.165) is 22.7 Å². The molecule has 1 atom stereocenters. The Morgan fingerprint density at radius 2 is 1.86 bits per heavy atom. The van der Waals surface area contributed by atoms with Gasteiger partial charge in [0.05, 0.1) is 18.4 Å². The lowest BCUT2D eigenvalue weighted by molar-refractivity contribution is 0.0728. The minimum absolute atomic E-state index is 0.0137. The maximum Gasteiger partial charge on any atom is 0.258 e. The zero-order chi connectivity index (χ0) is 19.7. The number of carbonyl (C=O) groups is 1. The van der Waals surface area contributed by atoms with Crippen LogP contribution in [-0.4, -0.2) is 22.9 Å². The highest BCUT2D eigenvalue weighted by molar-refractivity contribution is 5.98. The Morgan fingerprint density at radius 1 is 1.07 bits per heavy atom. The largest absolute Gasteiger partial charge is 0.497 e. The number of aryl methyl sites for hydroxylation is 2. The first-order valence-corrected chi connectivity index (χ1v) is 9.29. The molecule has 28 heavy (non-hydrogen) atoms. The number of nitrogens with zero attached hydrogens (tertiary/aromatic N) is 2. The van der Waals surface area contributed by atoms with Gasteiger partial charge in [0.2, 0.25) is 0 Å². The van der Waals surface area contributed by atoms with Crippen LogP contribution in [0.25, 0.3) is 0 Å². The molecule has 3 aromatic rings. The lowest BCUT2D eigenvalue weighted by Gasteiger charge is -2.27. The van der Waals surface area contributed by atoms with Gasteiger partial charge < -0.3 is 15.0 Å². The van der Waals surface area contributed by atoms with Crippen molar-refractivity contribution in [2.45, 2.75) is 26.6 Å². The molecule has 0 bridgehead atoms. The van der Waals surface area contributed by atoms with Crippen molar-refractivity contribution < 1.29 is 9.53 Å². The molecule has 2 aromatic carbocycles. The normalized spacial score (nSPS) is 15.5. The van der Waals surface area contributed by atoms with E-state index in [1.165, 1.54) is 11.1 Å². The van der Waals surface area contributed by atoms with Crippen LogP contribution in [0.3, 0.4) is 0 Å². The van der Waals surface area contributed by atoms with E-state index in [9.17, 15) is 4.79 Å². The standard InChI is InChI=1S/C23H23N3O2/c1-15-6-9-18(13-16(15)2)25-22-21-20(5-4-12-24-21)23(27)26(22)14-17-7-10-19(28-3)11-8-17/h4-13,22,25H,14H2,1-3H3. The number of amides is 1. The monoisotopic (exact) mass is 373 g/mol. The van der Waals surface area contributed by atoms with Crippen molar-refractivity contribution in [2.75, 3.05) is 12.4 Å². The molecule has 1 amide bonds. The van der Waals surface area contributed by atoms with Crippen LogP contribution in [0.15, 0.2) is 60.8 Å². The number of anilines is 1. The third-order valence-electron chi connectivity index (χ3n) is 5.22. The molecule has 5 heteroatoms. The third kappa shape index (κ3) is 3.31. The Bertz CT molecular complexity index is 1010. The fraction of sp³-hybridized carbons (Fsp3) is 0.217. The third-order valence-corrected chi connectivity index (χ3v) is 5.22. The van der Waals surface area contributed by atoms with Crippen molar-refractivity contribution in [1.82, 2.24) is 9.88 Å². The highest BCUT2D eigenvalue weighted by atomic mass is 16.5. The van der Waals surface area contributed by atoms with Gasteiger partial charge in [0.15, 0.2) is 0 Å². The fourth-order valence-corrected chi connectivity index (χ4v) is 3.46. The topological polar surface area (TPSA) is 54.5 Å². The number of hydrogen-bond donors (Lipinski definition) is 1. The minimum atomic E-state index is -0.312. The number of methoxy groups -OCH3 is 1. The van der Waals surface area contributed by atoms with Crippen molar-refractivity contribution in [3.05, 3.63) is 88.7 Å². The molecule has 5 nitrogen and oxygen atoms in total. The molecular weight excluding hydrogens is 350 g/mol. The first kappa shape index (κ1) is 18.0. The lowest BCUT2D eigenvalue weighted by Crippen LogP contribution is -2.32. The van der Waals surface area contributed by atoms with Gasteiger partial charge in [0.25, 0.3) is 5.91 Å². The first-order valence-electron chi connectivity index (χ1n) is 9.29. The lowest BCUT2D eigenvalue weighted by atomic mass is 10.1. The van der Waals surface area contributed by atoms with E-state index in [0.29, 0.717) is 12.1 Å². The number of benzene rings is 2. The molecule has 1 aliphatic rings. The van der Waals surface area contributed by atoms with Crippen LogP contribution in [-0.2, 0) is 6.54 Å². The molecule has 1 aliphatic heterocycles. The van der Waals surface area contributed by atoms with Gasteiger partial charge in [-0.05, 0) is 66.9 Å². The van der Waals surface area contributed by atoms with Crippen molar-refractivity contribution in [3.8, 4) is 5.75 Å². The van der Waals surface area contributed by atoms with Crippen LogP contribution in [0.2, 0.25) is 0 Å². The van der Waals surface area contributed by atoms with E-state index in [2.05, 4.69) is 36.3 Å². The SMILES string of the molecule is COc1ccc(CN2C(=O)c3cccnc3C2Nc2ccc(C)c(C)c2)cc1. The number of hydrogen-bond acceptors (Lipinski definition) is 4. The van der Waals surface area contributed by atoms with Crippen molar-refractivity contribution in [1.29, 1.82) is 0 Å². The molecule has 0 spiro atoms. The molecular formula is C23H23N3O2. The molecule has 0 fully saturated rings. The van der Waals surface area contributed by atoms with Gasteiger partial charge >= 0.3 is 0 Å². The summed E-state index contributed by atoms with van der Waals surface area (Å²) in [6.07, 6.45) is 1.42. The maximum atomic E-state index is 13.1. The van der Waals surface area contributed by atoms with Crippen LogP contribution in [0.1, 0.15) is 38.9 Å². The maximum absolute atomic E-state index is 13.1. The van der Waals surface area contributed by atoms with Gasteiger partial charge in [0.1, 0.15) is 11.9 Å². The van der Waals surface area contributed by atoms with E-state index in [-0.39, 0.29) is 12.1 Å². The van der Waals surface area contributed by atoms with E-state index < -0.39 is 0 Å². The fourth-order valence-electron chi connectivity index (χ4n) is 3.46. The second kappa shape index (κ2) is 7.35. The first-order chi connectivity index (χ1) is 13.6. The van der Waals surface area contributed by atoms with Gasteiger partial charge in [-0.2, -0.15) is 0 Å². The predicted molar refractivity (Wildman–Crippen MR) is 109 cm³/mol.